The fourth-order valence-electron chi connectivity index (χ4n) is 2.74. The lowest BCUT2D eigenvalue weighted by molar-refractivity contribution is -0.160. The van der Waals surface area contributed by atoms with Gasteiger partial charge in [0, 0.05) is 13.0 Å². The second-order valence-corrected chi connectivity index (χ2v) is 7.66. The molecule has 0 spiro atoms. The van der Waals surface area contributed by atoms with E-state index in [1.807, 2.05) is 25.9 Å². The summed E-state index contributed by atoms with van der Waals surface area (Å²) in [7, 11) is 3.83. The number of esters is 2. The Morgan fingerprint density at radius 3 is 2.19 bits per heavy atom. The highest BCUT2D eigenvalue weighted by molar-refractivity contribution is 5.72. The van der Waals surface area contributed by atoms with Crippen molar-refractivity contribution in [3.05, 3.63) is 12.2 Å². The summed E-state index contributed by atoms with van der Waals surface area (Å²) in [5.74, 6) is -0.659. The fourth-order valence-corrected chi connectivity index (χ4v) is 2.74. The van der Waals surface area contributed by atoms with Gasteiger partial charge in [-0.2, -0.15) is 0 Å². The van der Waals surface area contributed by atoms with Crippen molar-refractivity contribution < 1.29 is 19.1 Å². The zero-order chi connectivity index (χ0) is 20.5. The minimum atomic E-state index is -0.404. The van der Waals surface area contributed by atoms with E-state index in [2.05, 4.69) is 19.1 Å². The highest BCUT2D eigenvalue weighted by Gasteiger charge is 2.17. The maximum Gasteiger partial charge on any atom is 0.310 e. The van der Waals surface area contributed by atoms with Crippen LogP contribution in [-0.4, -0.2) is 50.2 Å². The molecule has 0 bridgehead atoms. The molecule has 5 heteroatoms. The smallest absolute Gasteiger partial charge is 0.310 e. The maximum atomic E-state index is 11.8. The van der Waals surface area contributed by atoms with Crippen molar-refractivity contribution in [2.75, 3.05) is 27.2 Å². The quantitative estimate of drug-likeness (QED) is 0.219. The Hall–Kier alpha value is -1.36. The molecule has 27 heavy (non-hydrogen) atoms. The molecule has 0 aliphatic rings. The number of rotatable bonds is 16. The Balaban J connectivity index is 3.67. The lowest BCUT2D eigenvalue weighted by atomic mass is 10.1. The summed E-state index contributed by atoms with van der Waals surface area (Å²) in [5, 5.41) is 0. The van der Waals surface area contributed by atoms with Gasteiger partial charge in [-0.05, 0) is 53.1 Å². The Kier molecular flexibility index (Phi) is 15.9. The Morgan fingerprint density at radius 2 is 1.59 bits per heavy atom. The van der Waals surface area contributed by atoms with Gasteiger partial charge in [0.2, 0.25) is 0 Å². The Morgan fingerprint density at radius 1 is 0.963 bits per heavy atom. The van der Waals surface area contributed by atoms with Crippen LogP contribution in [0, 0.1) is 5.92 Å². The van der Waals surface area contributed by atoms with Crippen molar-refractivity contribution in [2.45, 2.75) is 84.7 Å². The van der Waals surface area contributed by atoms with Crippen LogP contribution in [0.2, 0.25) is 0 Å². The molecule has 0 rings (SSSR count). The van der Waals surface area contributed by atoms with Crippen LogP contribution in [0.3, 0.4) is 0 Å². The molecule has 158 valence electrons. The number of nitrogens with zero attached hydrogens (tertiary/aromatic N) is 1. The zero-order valence-electron chi connectivity index (χ0n) is 18.2. The van der Waals surface area contributed by atoms with Gasteiger partial charge in [-0.25, -0.2) is 0 Å². The van der Waals surface area contributed by atoms with Crippen molar-refractivity contribution >= 4 is 11.9 Å². The van der Waals surface area contributed by atoms with Crippen LogP contribution in [0.15, 0.2) is 12.2 Å². The van der Waals surface area contributed by atoms with Crippen molar-refractivity contribution in [3.8, 4) is 0 Å². The van der Waals surface area contributed by atoms with Gasteiger partial charge in [0.1, 0.15) is 12.7 Å². The second kappa shape index (κ2) is 16.8. The number of hydrogen-bond donors (Lipinski definition) is 0. The Labute approximate surface area is 166 Å². The van der Waals surface area contributed by atoms with Gasteiger partial charge in [0.05, 0.1) is 5.92 Å². The van der Waals surface area contributed by atoms with E-state index in [0.29, 0.717) is 13.0 Å². The highest BCUT2D eigenvalue weighted by atomic mass is 16.6. The normalized spacial score (nSPS) is 13.7. The summed E-state index contributed by atoms with van der Waals surface area (Å²) in [5.41, 5.74) is 0. The van der Waals surface area contributed by atoms with E-state index in [1.165, 1.54) is 25.7 Å². The van der Waals surface area contributed by atoms with Crippen LogP contribution >= 0.6 is 0 Å². The first kappa shape index (κ1) is 25.6. The minimum Gasteiger partial charge on any atom is -0.462 e. The zero-order valence-corrected chi connectivity index (χ0v) is 18.2. The second-order valence-electron chi connectivity index (χ2n) is 7.66. The molecule has 2 unspecified atom stereocenters. The number of hydrogen-bond acceptors (Lipinski definition) is 5. The number of unbranched alkanes of at least 4 members (excludes halogenated alkanes) is 6. The average Bonchev–Trinajstić information content (AvgIpc) is 2.60. The molecule has 0 aromatic heterocycles. The lowest BCUT2D eigenvalue weighted by Gasteiger charge is -2.18. The van der Waals surface area contributed by atoms with Gasteiger partial charge in [-0.3, -0.25) is 9.59 Å². The van der Waals surface area contributed by atoms with Crippen LogP contribution in [0.1, 0.15) is 78.6 Å². The summed E-state index contributed by atoms with van der Waals surface area (Å²) in [6.45, 7) is 6.56. The summed E-state index contributed by atoms with van der Waals surface area (Å²) < 4.78 is 10.5. The molecule has 0 fully saturated rings. The van der Waals surface area contributed by atoms with Crippen molar-refractivity contribution in [2.24, 2.45) is 5.92 Å². The third kappa shape index (κ3) is 16.5. The average molecular weight is 384 g/mol. The van der Waals surface area contributed by atoms with Gasteiger partial charge in [-0.1, -0.05) is 45.3 Å². The van der Waals surface area contributed by atoms with Crippen LogP contribution in [-0.2, 0) is 19.1 Å². The molecule has 0 aromatic rings. The number of ether oxygens (including phenoxy) is 2. The van der Waals surface area contributed by atoms with E-state index in [0.717, 1.165) is 25.7 Å². The van der Waals surface area contributed by atoms with E-state index in [1.54, 1.807) is 6.92 Å². The summed E-state index contributed by atoms with van der Waals surface area (Å²) in [6, 6.07) is 0. The highest BCUT2D eigenvalue weighted by Crippen LogP contribution is 2.08. The Bertz CT molecular complexity index is 421. The molecule has 0 radical (unpaired) electrons. The molecule has 0 amide bonds. The van der Waals surface area contributed by atoms with Crippen molar-refractivity contribution in [1.29, 1.82) is 0 Å². The fraction of sp³-hybridized carbons (Fsp3) is 0.818. The number of carbonyl (C=O) groups is 2. The maximum absolute atomic E-state index is 11.8. The summed E-state index contributed by atoms with van der Waals surface area (Å²) in [6.07, 6.45) is 13.6. The standard InChI is InChI=1S/C22H41NO4/c1-6-7-8-9-10-11-12-13-14-15-16-21(24)27-20(3)18-26-22(25)19(2)17-23(4)5/h10-11,19-20H,6-9,12-18H2,1-5H3/b11-10+. The first-order chi connectivity index (χ1) is 12.9. The monoisotopic (exact) mass is 383 g/mol. The van der Waals surface area contributed by atoms with Gasteiger partial charge >= 0.3 is 11.9 Å². The van der Waals surface area contributed by atoms with Crippen LogP contribution in [0.4, 0.5) is 0 Å². The van der Waals surface area contributed by atoms with Crippen LogP contribution in [0.25, 0.3) is 0 Å². The predicted molar refractivity (Wildman–Crippen MR) is 111 cm³/mol. The molecule has 0 aliphatic heterocycles. The molecule has 0 heterocycles. The predicted octanol–water partition coefficient (Wildman–Crippen LogP) is 4.75. The first-order valence-electron chi connectivity index (χ1n) is 10.5. The largest absolute Gasteiger partial charge is 0.462 e. The topological polar surface area (TPSA) is 55.8 Å². The lowest BCUT2D eigenvalue weighted by Crippen LogP contribution is -2.29. The summed E-state index contributed by atoms with van der Waals surface area (Å²) in [4.78, 5) is 25.6. The molecule has 0 N–H and O–H groups in total. The molecule has 2 atom stereocenters. The first-order valence-corrected chi connectivity index (χ1v) is 10.5. The van der Waals surface area contributed by atoms with Crippen molar-refractivity contribution in [1.82, 2.24) is 4.90 Å². The molecule has 0 saturated carbocycles. The number of allylic oxidation sites excluding steroid dienone is 2. The molecular formula is C22H41NO4. The van der Waals surface area contributed by atoms with Gasteiger partial charge < -0.3 is 14.4 Å². The molecule has 0 aromatic carbocycles. The van der Waals surface area contributed by atoms with Gasteiger partial charge in [0.15, 0.2) is 0 Å². The van der Waals surface area contributed by atoms with E-state index in [9.17, 15) is 9.59 Å². The SMILES string of the molecule is CCCCC/C=C/CCCCCC(=O)OC(C)COC(=O)C(C)CN(C)C. The molecular weight excluding hydrogens is 342 g/mol. The van der Waals surface area contributed by atoms with Crippen molar-refractivity contribution in [3.63, 3.8) is 0 Å². The van der Waals surface area contributed by atoms with E-state index in [-0.39, 0.29) is 24.5 Å². The van der Waals surface area contributed by atoms with Gasteiger partial charge in [-0.15, -0.1) is 0 Å². The minimum absolute atomic E-state index is 0.116. The van der Waals surface area contributed by atoms with E-state index < -0.39 is 6.10 Å². The van der Waals surface area contributed by atoms with Crippen LogP contribution in [0.5, 0.6) is 0 Å². The third-order valence-corrected chi connectivity index (χ3v) is 4.23. The summed E-state index contributed by atoms with van der Waals surface area (Å²) >= 11 is 0. The van der Waals surface area contributed by atoms with Crippen LogP contribution < -0.4 is 0 Å². The molecule has 0 saturated heterocycles. The molecule has 5 nitrogen and oxygen atoms in total. The number of carbonyl (C=O) groups excluding carboxylic acids is 2. The van der Waals surface area contributed by atoms with E-state index in [4.69, 9.17) is 9.47 Å². The van der Waals surface area contributed by atoms with E-state index >= 15 is 0 Å². The van der Waals surface area contributed by atoms with Gasteiger partial charge in [0.25, 0.3) is 0 Å². The molecule has 0 aliphatic carbocycles. The third-order valence-electron chi connectivity index (χ3n) is 4.23.